The van der Waals surface area contributed by atoms with Crippen molar-refractivity contribution < 1.29 is 17.9 Å². The Hall–Kier alpha value is -1.18. The van der Waals surface area contributed by atoms with Gasteiger partial charge < -0.3 is 9.47 Å². The molecule has 0 spiro atoms. The number of pyridine rings is 1. The Labute approximate surface area is 107 Å². The minimum absolute atomic E-state index is 0.00815. The second-order valence-corrected chi connectivity index (χ2v) is 6.37. The van der Waals surface area contributed by atoms with Crippen LogP contribution in [0.5, 0.6) is 5.88 Å². The minimum Gasteiger partial charge on any atom is -0.472 e. The van der Waals surface area contributed by atoms with Gasteiger partial charge in [-0.15, -0.1) is 0 Å². The van der Waals surface area contributed by atoms with Crippen LogP contribution >= 0.6 is 0 Å². The number of sulfonamides is 1. The monoisotopic (exact) mass is 272 g/mol. The molecule has 18 heavy (non-hydrogen) atoms. The van der Waals surface area contributed by atoms with Gasteiger partial charge in [-0.25, -0.2) is 17.7 Å². The van der Waals surface area contributed by atoms with E-state index in [-0.39, 0.29) is 11.0 Å². The molecule has 0 radical (unpaired) electrons. The first-order chi connectivity index (χ1) is 8.50. The SMILES string of the molecule is CN(C)S(=O)(=O)c1ccc(OC2CCOC2)nc1. The van der Waals surface area contributed by atoms with Crippen LogP contribution < -0.4 is 4.74 Å². The zero-order valence-electron chi connectivity index (χ0n) is 10.4. The number of hydrogen-bond donors (Lipinski definition) is 0. The van der Waals surface area contributed by atoms with E-state index in [2.05, 4.69) is 4.98 Å². The van der Waals surface area contributed by atoms with Crippen molar-refractivity contribution in [1.29, 1.82) is 0 Å². The molecular weight excluding hydrogens is 256 g/mol. The zero-order valence-corrected chi connectivity index (χ0v) is 11.2. The molecule has 0 N–H and O–H groups in total. The van der Waals surface area contributed by atoms with Crippen LogP contribution in [-0.2, 0) is 14.8 Å². The lowest BCUT2D eigenvalue weighted by Crippen LogP contribution is -2.22. The Balaban J connectivity index is 2.10. The van der Waals surface area contributed by atoms with Gasteiger partial charge in [-0.3, -0.25) is 0 Å². The van der Waals surface area contributed by atoms with Crippen molar-refractivity contribution in [2.24, 2.45) is 0 Å². The molecule has 2 heterocycles. The number of hydrogen-bond acceptors (Lipinski definition) is 5. The summed E-state index contributed by atoms with van der Waals surface area (Å²) in [7, 11) is -0.467. The standard InChI is InChI=1S/C11H16N2O4S/c1-13(2)18(14,15)10-3-4-11(12-7-10)17-9-5-6-16-8-9/h3-4,7,9H,5-6,8H2,1-2H3. The summed E-state index contributed by atoms with van der Waals surface area (Å²) in [5.74, 6) is 0.420. The third kappa shape index (κ3) is 2.80. The molecule has 1 saturated heterocycles. The lowest BCUT2D eigenvalue weighted by Gasteiger charge is -2.13. The van der Waals surface area contributed by atoms with Crippen LogP contribution in [0.25, 0.3) is 0 Å². The van der Waals surface area contributed by atoms with E-state index in [0.717, 1.165) is 10.7 Å². The Morgan fingerprint density at radius 3 is 2.72 bits per heavy atom. The zero-order chi connectivity index (χ0) is 13.2. The third-order valence-electron chi connectivity index (χ3n) is 2.66. The summed E-state index contributed by atoms with van der Waals surface area (Å²) in [6, 6.07) is 3.06. The van der Waals surface area contributed by atoms with Crippen molar-refractivity contribution in [2.45, 2.75) is 17.4 Å². The molecule has 100 valence electrons. The van der Waals surface area contributed by atoms with E-state index in [4.69, 9.17) is 9.47 Å². The van der Waals surface area contributed by atoms with Gasteiger partial charge in [0.15, 0.2) is 0 Å². The minimum atomic E-state index is -3.43. The molecule has 0 bridgehead atoms. The van der Waals surface area contributed by atoms with Crippen molar-refractivity contribution in [3.05, 3.63) is 18.3 Å². The molecule has 2 rings (SSSR count). The molecule has 1 aromatic heterocycles. The van der Waals surface area contributed by atoms with Gasteiger partial charge in [-0.1, -0.05) is 0 Å². The van der Waals surface area contributed by atoms with E-state index < -0.39 is 10.0 Å². The van der Waals surface area contributed by atoms with Crippen LogP contribution in [0.15, 0.2) is 23.2 Å². The fourth-order valence-electron chi connectivity index (χ4n) is 1.58. The van der Waals surface area contributed by atoms with E-state index >= 15 is 0 Å². The molecule has 0 amide bonds. The molecule has 1 aliphatic rings. The first-order valence-electron chi connectivity index (χ1n) is 5.63. The maximum atomic E-state index is 11.8. The molecule has 6 nitrogen and oxygen atoms in total. The van der Waals surface area contributed by atoms with Gasteiger partial charge in [-0.2, -0.15) is 0 Å². The predicted molar refractivity (Wildman–Crippen MR) is 65.0 cm³/mol. The Morgan fingerprint density at radius 2 is 2.22 bits per heavy atom. The highest BCUT2D eigenvalue weighted by Gasteiger charge is 2.20. The van der Waals surface area contributed by atoms with E-state index in [1.807, 2.05) is 0 Å². The highest BCUT2D eigenvalue weighted by Crippen LogP contribution is 2.17. The molecule has 1 fully saturated rings. The molecule has 0 aromatic carbocycles. The average Bonchev–Trinajstić information content (AvgIpc) is 2.82. The van der Waals surface area contributed by atoms with Gasteiger partial charge in [0.1, 0.15) is 11.0 Å². The van der Waals surface area contributed by atoms with Crippen molar-refractivity contribution >= 4 is 10.0 Å². The summed E-state index contributed by atoms with van der Waals surface area (Å²) in [6.45, 7) is 1.25. The van der Waals surface area contributed by atoms with Crippen LogP contribution in [0.3, 0.4) is 0 Å². The average molecular weight is 272 g/mol. The lowest BCUT2D eigenvalue weighted by molar-refractivity contribution is 0.138. The van der Waals surface area contributed by atoms with Gasteiger partial charge in [0, 0.05) is 26.6 Å². The summed E-state index contributed by atoms with van der Waals surface area (Å²) in [4.78, 5) is 4.16. The quantitative estimate of drug-likeness (QED) is 0.798. The fraction of sp³-hybridized carbons (Fsp3) is 0.545. The van der Waals surface area contributed by atoms with Crippen molar-refractivity contribution in [3.8, 4) is 5.88 Å². The Kier molecular flexibility index (Phi) is 3.84. The van der Waals surface area contributed by atoms with Crippen LogP contribution in [0, 0.1) is 0 Å². The number of aromatic nitrogens is 1. The summed E-state index contributed by atoms with van der Waals surface area (Å²) in [5, 5.41) is 0. The van der Waals surface area contributed by atoms with Crippen molar-refractivity contribution in [3.63, 3.8) is 0 Å². The number of nitrogens with zero attached hydrogens (tertiary/aromatic N) is 2. The van der Waals surface area contributed by atoms with E-state index in [1.54, 1.807) is 6.07 Å². The molecule has 1 aliphatic heterocycles. The fourth-order valence-corrected chi connectivity index (χ4v) is 2.42. The van der Waals surface area contributed by atoms with Gasteiger partial charge in [0.2, 0.25) is 15.9 Å². The van der Waals surface area contributed by atoms with Gasteiger partial charge in [-0.05, 0) is 6.07 Å². The van der Waals surface area contributed by atoms with Gasteiger partial charge >= 0.3 is 0 Å². The smallest absolute Gasteiger partial charge is 0.244 e. The lowest BCUT2D eigenvalue weighted by atomic mass is 10.3. The molecular formula is C11H16N2O4S. The highest BCUT2D eigenvalue weighted by atomic mass is 32.2. The molecule has 7 heteroatoms. The maximum absolute atomic E-state index is 11.8. The van der Waals surface area contributed by atoms with Gasteiger partial charge in [0.25, 0.3) is 0 Å². The van der Waals surface area contributed by atoms with Crippen molar-refractivity contribution in [1.82, 2.24) is 9.29 Å². The van der Waals surface area contributed by atoms with E-state index in [1.165, 1.54) is 26.4 Å². The topological polar surface area (TPSA) is 68.7 Å². The van der Waals surface area contributed by atoms with Crippen molar-refractivity contribution in [2.75, 3.05) is 27.3 Å². The first kappa shape index (κ1) is 13.3. The second kappa shape index (κ2) is 5.21. The Bertz CT molecular complexity index is 492. The summed E-state index contributed by atoms with van der Waals surface area (Å²) in [6.07, 6.45) is 2.15. The largest absolute Gasteiger partial charge is 0.472 e. The molecule has 1 aromatic rings. The maximum Gasteiger partial charge on any atom is 0.244 e. The summed E-state index contributed by atoms with van der Waals surface area (Å²) >= 11 is 0. The number of ether oxygens (including phenoxy) is 2. The Morgan fingerprint density at radius 1 is 1.44 bits per heavy atom. The molecule has 0 aliphatic carbocycles. The predicted octanol–water partition coefficient (Wildman–Crippen LogP) is 0.500. The first-order valence-corrected chi connectivity index (χ1v) is 7.07. The third-order valence-corrected chi connectivity index (χ3v) is 4.46. The highest BCUT2D eigenvalue weighted by molar-refractivity contribution is 7.89. The molecule has 1 unspecified atom stereocenters. The second-order valence-electron chi connectivity index (χ2n) is 4.22. The van der Waals surface area contributed by atoms with Crippen LogP contribution in [0.2, 0.25) is 0 Å². The van der Waals surface area contributed by atoms with Crippen LogP contribution in [-0.4, -0.2) is 51.1 Å². The van der Waals surface area contributed by atoms with E-state index in [9.17, 15) is 8.42 Å². The molecule has 1 atom stereocenters. The van der Waals surface area contributed by atoms with Gasteiger partial charge in [0.05, 0.1) is 19.4 Å². The van der Waals surface area contributed by atoms with Crippen LogP contribution in [0.4, 0.5) is 0 Å². The number of rotatable bonds is 4. The molecule has 0 saturated carbocycles. The summed E-state index contributed by atoms with van der Waals surface area (Å²) in [5.41, 5.74) is 0. The summed E-state index contributed by atoms with van der Waals surface area (Å²) < 4.78 is 35.5. The van der Waals surface area contributed by atoms with E-state index in [0.29, 0.717) is 19.1 Å². The van der Waals surface area contributed by atoms with Crippen LogP contribution in [0.1, 0.15) is 6.42 Å². The normalized spacial score (nSPS) is 20.3.